The summed E-state index contributed by atoms with van der Waals surface area (Å²) >= 11 is 0. The molecular weight excluding hydrogens is 322 g/mol. The van der Waals surface area contributed by atoms with Crippen molar-refractivity contribution in [3.05, 3.63) is 58.7 Å². The summed E-state index contributed by atoms with van der Waals surface area (Å²) in [6.45, 7) is 8.37. The van der Waals surface area contributed by atoms with Gasteiger partial charge in [0.05, 0.1) is 6.10 Å². The summed E-state index contributed by atoms with van der Waals surface area (Å²) in [5, 5.41) is 10.7. The van der Waals surface area contributed by atoms with Crippen molar-refractivity contribution in [2.24, 2.45) is 0 Å². The molecule has 0 bridgehead atoms. The SMILES string of the molecule is Cc1ccc(C)c(N2CCN([C@@H]3Cc4ccc(N)cc4C[C@H]3O)CC2)c1. The molecule has 0 radical (unpaired) electrons. The van der Waals surface area contributed by atoms with E-state index in [0.717, 1.165) is 38.3 Å². The van der Waals surface area contributed by atoms with Gasteiger partial charge in [0.2, 0.25) is 0 Å². The summed E-state index contributed by atoms with van der Waals surface area (Å²) in [4.78, 5) is 4.97. The van der Waals surface area contributed by atoms with Crippen LogP contribution in [0.2, 0.25) is 0 Å². The Bertz CT molecular complexity index is 796. The van der Waals surface area contributed by atoms with Crippen LogP contribution in [0.1, 0.15) is 22.3 Å². The molecule has 4 nitrogen and oxygen atoms in total. The first kappa shape index (κ1) is 17.4. The minimum absolute atomic E-state index is 0.215. The molecule has 1 saturated heterocycles. The summed E-state index contributed by atoms with van der Waals surface area (Å²) < 4.78 is 0. The second-order valence-electron chi connectivity index (χ2n) is 7.88. The van der Waals surface area contributed by atoms with Crippen molar-refractivity contribution < 1.29 is 5.11 Å². The zero-order valence-electron chi connectivity index (χ0n) is 15.8. The molecule has 0 amide bonds. The first-order valence-electron chi connectivity index (χ1n) is 9.63. The number of benzene rings is 2. The van der Waals surface area contributed by atoms with Crippen molar-refractivity contribution in [2.45, 2.75) is 38.8 Å². The van der Waals surface area contributed by atoms with Crippen molar-refractivity contribution in [1.82, 2.24) is 4.90 Å². The highest BCUT2D eigenvalue weighted by Gasteiger charge is 2.33. The van der Waals surface area contributed by atoms with Gasteiger partial charge >= 0.3 is 0 Å². The van der Waals surface area contributed by atoms with Crippen LogP contribution in [0, 0.1) is 13.8 Å². The third kappa shape index (κ3) is 3.31. The molecule has 26 heavy (non-hydrogen) atoms. The fraction of sp³-hybridized carbons (Fsp3) is 0.455. The Morgan fingerprint density at radius 1 is 0.923 bits per heavy atom. The molecule has 0 unspecified atom stereocenters. The van der Waals surface area contributed by atoms with Crippen LogP contribution in [0.25, 0.3) is 0 Å². The van der Waals surface area contributed by atoms with Gasteiger partial charge in [-0.25, -0.2) is 0 Å². The van der Waals surface area contributed by atoms with E-state index in [9.17, 15) is 5.11 Å². The monoisotopic (exact) mass is 351 g/mol. The maximum absolute atomic E-state index is 10.7. The van der Waals surface area contributed by atoms with Crippen molar-refractivity contribution in [3.8, 4) is 0 Å². The number of nitrogen functional groups attached to an aromatic ring is 1. The number of hydrogen-bond donors (Lipinski definition) is 2. The molecule has 3 N–H and O–H groups in total. The summed E-state index contributed by atoms with van der Waals surface area (Å²) in [5.41, 5.74) is 13.2. The van der Waals surface area contributed by atoms with Gasteiger partial charge in [0.15, 0.2) is 0 Å². The number of anilines is 2. The number of rotatable bonds is 2. The van der Waals surface area contributed by atoms with Gasteiger partial charge in [0.25, 0.3) is 0 Å². The number of aryl methyl sites for hydroxylation is 2. The van der Waals surface area contributed by atoms with Crippen LogP contribution < -0.4 is 10.6 Å². The number of nitrogens with two attached hydrogens (primary N) is 1. The van der Waals surface area contributed by atoms with E-state index >= 15 is 0 Å². The quantitative estimate of drug-likeness (QED) is 0.817. The summed E-state index contributed by atoms with van der Waals surface area (Å²) in [6.07, 6.45) is 1.32. The summed E-state index contributed by atoms with van der Waals surface area (Å²) in [5.74, 6) is 0. The van der Waals surface area contributed by atoms with Gasteiger partial charge in [-0.15, -0.1) is 0 Å². The summed E-state index contributed by atoms with van der Waals surface area (Å²) in [7, 11) is 0. The highest BCUT2D eigenvalue weighted by molar-refractivity contribution is 5.55. The average Bonchev–Trinajstić information content (AvgIpc) is 2.63. The molecule has 138 valence electrons. The molecule has 1 aliphatic carbocycles. The predicted molar refractivity (Wildman–Crippen MR) is 108 cm³/mol. The van der Waals surface area contributed by atoms with Crippen molar-refractivity contribution >= 4 is 11.4 Å². The number of aliphatic hydroxyl groups is 1. The number of hydrogen-bond acceptors (Lipinski definition) is 4. The molecule has 0 spiro atoms. The Balaban J connectivity index is 1.45. The number of nitrogens with zero attached hydrogens (tertiary/aromatic N) is 2. The van der Waals surface area contributed by atoms with Crippen LogP contribution in [-0.4, -0.2) is 48.3 Å². The Hall–Kier alpha value is -2.04. The van der Waals surface area contributed by atoms with Crippen LogP contribution in [-0.2, 0) is 12.8 Å². The second-order valence-corrected chi connectivity index (χ2v) is 7.88. The number of fused-ring (bicyclic) bond motifs is 1. The second kappa shape index (κ2) is 6.93. The largest absolute Gasteiger partial charge is 0.399 e. The maximum atomic E-state index is 10.7. The first-order valence-corrected chi connectivity index (χ1v) is 9.63. The van der Waals surface area contributed by atoms with Gasteiger partial charge in [-0.2, -0.15) is 0 Å². The maximum Gasteiger partial charge on any atom is 0.0739 e. The van der Waals surface area contributed by atoms with Crippen LogP contribution in [0.3, 0.4) is 0 Å². The van der Waals surface area contributed by atoms with Crippen LogP contribution in [0.5, 0.6) is 0 Å². The molecule has 1 fully saturated rings. The normalized spacial score (nSPS) is 23.7. The highest BCUT2D eigenvalue weighted by Crippen LogP contribution is 2.29. The van der Waals surface area contributed by atoms with Gasteiger partial charge in [-0.1, -0.05) is 18.2 Å². The lowest BCUT2D eigenvalue weighted by molar-refractivity contribution is 0.0395. The van der Waals surface area contributed by atoms with Crippen LogP contribution in [0.4, 0.5) is 11.4 Å². The van der Waals surface area contributed by atoms with Crippen molar-refractivity contribution in [2.75, 3.05) is 36.8 Å². The smallest absolute Gasteiger partial charge is 0.0739 e. The standard InChI is InChI=1S/C22H29N3O/c1-15-3-4-16(2)20(11-15)24-7-9-25(10-8-24)21-13-17-5-6-19(23)12-18(17)14-22(21)26/h3-6,11-12,21-22,26H,7-10,13-14,23H2,1-2H3/t21-,22-/m1/s1. The molecule has 1 aliphatic heterocycles. The molecule has 4 heteroatoms. The minimum atomic E-state index is -0.309. The van der Waals surface area contributed by atoms with Gasteiger partial charge in [0.1, 0.15) is 0 Å². The van der Waals surface area contributed by atoms with Gasteiger partial charge in [-0.05, 0) is 60.7 Å². The highest BCUT2D eigenvalue weighted by atomic mass is 16.3. The number of piperazine rings is 1. The molecule has 2 aromatic rings. The van der Waals surface area contributed by atoms with E-state index in [1.807, 2.05) is 12.1 Å². The van der Waals surface area contributed by atoms with E-state index in [1.54, 1.807) is 0 Å². The van der Waals surface area contributed by atoms with E-state index in [-0.39, 0.29) is 12.1 Å². The predicted octanol–water partition coefficient (Wildman–Crippen LogP) is 2.54. The lowest BCUT2D eigenvalue weighted by Gasteiger charge is -2.44. The number of aliphatic hydroxyl groups excluding tert-OH is 1. The fourth-order valence-corrected chi connectivity index (χ4v) is 4.48. The Morgan fingerprint density at radius 3 is 2.46 bits per heavy atom. The Morgan fingerprint density at radius 2 is 1.69 bits per heavy atom. The average molecular weight is 351 g/mol. The van der Waals surface area contributed by atoms with E-state index in [1.165, 1.54) is 27.9 Å². The fourth-order valence-electron chi connectivity index (χ4n) is 4.48. The zero-order valence-corrected chi connectivity index (χ0v) is 15.8. The van der Waals surface area contributed by atoms with E-state index in [4.69, 9.17) is 5.73 Å². The van der Waals surface area contributed by atoms with Gasteiger partial charge in [-0.3, -0.25) is 4.90 Å². The molecule has 2 atom stereocenters. The minimum Gasteiger partial charge on any atom is -0.399 e. The molecule has 0 aromatic heterocycles. The zero-order chi connectivity index (χ0) is 18.3. The third-order valence-corrected chi connectivity index (χ3v) is 6.02. The van der Waals surface area contributed by atoms with Crippen LogP contribution >= 0.6 is 0 Å². The molecule has 0 saturated carbocycles. The topological polar surface area (TPSA) is 52.7 Å². The summed E-state index contributed by atoms with van der Waals surface area (Å²) in [6, 6.07) is 13.0. The molecule has 2 aliphatic rings. The van der Waals surface area contributed by atoms with E-state index in [0.29, 0.717) is 6.42 Å². The van der Waals surface area contributed by atoms with E-state index in [2.05, 4.69) is 47.9 Å². The van der Waals surface area contributed by atoms with E-state index < -0.39 is 0 Å². The molecule has 4 rings (SSSR count). The lowest BCUT2D eigenvalue weighted by Crippen LogP contribution is -2.56. The molecule has 1 heterocycles. The van der Waals surface area contributed by atoms with Crippen LogP contribution in [0.15, 0.2) is 36.4 Å². The van der Waals surface area contributed by atoms with Gasteiger partial charge < -0.3 is 15.7 Å². The van der Waals surface area contributed by atoms with Crippen molar-refractivity contribution in [3.63, 3.8) is 0 Å². The lowest BCUT2D eigenvalue weighted by atomic mass is 9.85. The van der Waals surface area contributed by atoms with Crippen molar-refractivity contribution in [1.29, 1.82) is 0 Å². The Labute approximate surface area is 156 Å². The molecular formula is C22H29N3O. The third-order valence-electron chi connectivity index (χ3n) is 6.02. The Kier molecular flexibility index (Phi) is 4.63. The first-order chi connectivity index (χ1) is 12.5. The molecule has 2 aromatic carbocycles. The van der Waals surface area contributed by atoms with Gasteiger partial charge in [0, 0.05) is 50.0 Å².